The Morgan fingerprint density at radius 3 is 1.26 bits per heavy atom. The smallest absolute Gasteiger partial charge is 0.870 e. The van der Waals surface area contributed by atoms with E-state index in [2.05, 4.69) is 36.2 Å². The molecule has 0 spiro atoms. The average Bonchev–Trinajstić information content (AvgIpc) is 1.63. The molecule has 2 aliphatic heterocycles. The first-order valence-corrected chi connectivity index (χ1v) is 39.7. The van der Waals surface area contributed by atoms with E-state index in [0.29, 0.717) is 60.2 Å². The summed E-state index contributed by atoms with van der Waals surface area (Å²) in [5.74, 6) is -3.63. The van der Waals surface area contributed by atoms with E-state index in [4.69, 9.17) is 4.74 Å². The average molecular weight is 1640 g/mol. The summed E-state index contributed by atoms with van der Waals surface area (Å²) in [6.45, 7) is 22.8. The van der Waals surface area contributed by atoms with Crippen LogP contribution in [0.3, 0.4) is 0 Å². The first-order valence-electron chi connectivity index (χ1n) is 39.7. The molecule has 4 aromatic carbocycles. The summed E-state index contributed by atoms with van der Waals surface area (Å²) in [4.78, 5) is 155. The summed E-state index contributed by atoms with van der Waals surface area (Å²) in [5, 5.41) is 12.1. The summed E-state index contributed by atoms with van der Waals surface area (Å²) in [6.07, 6.45) is 13.7. The van der Waals surface area contributed by atoms with Crippen molar-refractivity contribution in [2.45, 2.75) is 163 Å². The topological polar surface area (TPSA) is 326 Å². The van der Waals surface area contributed by atoms with Crippen LogP contribution in [0.5, 0.6) is 0 Å². The standard InChI is InChI=1S/C43H54FN7O6.C39H47FN6O4.C8H5N2O.Li.H2O/c1-28(48(8)41(56)57-43(5,6)7)37(52)47-36(42(2,3)4)40(55)51-25-32(45-38(53)30-14-10-9-11-15-30)24-33(51)26-50(23-21-29-17-19-31(44)20-18-29)39(54)34-27-49-22-13-12-16-35(49)46-34;1-6-26(2)35(47)43-34(39(3,4)5)38(50)46-23-30(41-36(48)28-12-8-7-9-13-28)22-31(46)24-45(21-19-27-15-17-29(40)18-16-27)37(49)32-25-44-20-11-10-14-33(44)42-32;11-6-7-5-10-4-2-1-3-8(10)9-7;;/h9-20,22,27-28,32-33,36H,21,23-26H2,1-8H3,(H,45,53)(H,47,52);7-18,20,25-26,30-31,34H,6,19,21-24H2,1-5H3,(H,41,48)(H,43,47);1-5H;;1H2/q;;-1;+1;/p-1/t28-,32-,33-,36+;26-,30+,31+,34-;;;/m01.../s1. The van der Waals surface area contributed by atoms with Crippen molar-refractivity contribution in [3.63, 3.8) is 0 Å². The van der Waals surface area contributed by atoms with Crippen molar-refractivity contribution in [2.75, 3.05) is 46.3 Å². The Kier molecular flexibility index (Phi) is 32.5. The van der Waals surface area contributed by atoms with Gasteiger partial charge in [0.25, 0.3) is 23.6 Å². The van der Waals surface area contributed by atoms with Gasteiger partial charge in [-0.2, -0.15) is 0 Å². The molecule has 30 heteroatoms. The van der Waals surface area contributed by atoms with Gasteiger partial charge >= 0.3 is 25.0 Å². The van der Waals surface area contributed by atoms with E-state index < -0.39 is 76.6 Å². The van der Waals surface area contributed by atoms with E-state index in [9.17, 15) is 56.7 Å². The molecule has 8 atom stereocenters. The fraction of sp³-hybridized carbons (Fsp3) is 0.389. The van der Waals surface area contributed by atoms with Crippen LogP contribution in [0.4, 0.5) is 13.6 Å². The van der Waals surface area contributed by atoms with Gasteiger partial charge in [-0.15, -0.1) is 6.20 Å². The van der Waals surface area contributed by atoms with Gasteiger partial charge in [0.05, 0.1) is 12.1 Å². The third kappa shape index (κ3) is 25.1. The van der Waals surface area contributed by atoms with Crippen LogP contribution in [0.25, 0.3) is 16.9 Å². The molecule has 0 bridgehead atoms. The van der Waals surface area contributed by atoms with Gasteiger partial charge in [0.1, 0.15) is 63.7 Å². The van der Waals surface area contributed by atoms with E-state index in [1.807, 2.05) is 128 Å². The molecule has 2 fully saturated rings. The maximum atomic E-state index is 14.8. The van der Waals surface area contributed by atoms with E-state index in [-0.39, 0.29) is 128 Å². The van der Waals surface area contributed by atoms with Crippen molar-refractivity contribution < 1.29 is 85.8 Å². The molecule has 8 heterocycles. The normalized spacial score (nSPS) is 16.1. The van der Waals surface area contributed by atoms with Gasteiger partial charge in [0.2, 0.25) is 23.6 Å². The molecule has 12 rings (SSSR count). The molecule has 0 unspecified atom stereocenters. The number of hydrogen-bond donors (Lipinski definition) is 4. The van der Waals surface area contributed by atoms with Crippen LogP contribution in [0.1, 0.15) is 161 Å². The Morgan fingerprint density at radius 2 is 0.900 bits per heavy atom. The van der Waals surface area contributed by atoms with Crippen molar-refractivity contribution in [1.82, 2.24) is 73.9 Å². The van der Waals surface area contributed by atoms with Crippen molar-refractivity contribution in [3.8, 4) is 0 Å². The second-order valence-electron chi connectivity index (χ2n) is 33.2. The summed E-state index contributed by atoms with van der Waals surface area (Å²) in [5.41, 5.74) is 3.26. The van der Waals surface area contributed by atoms with Gasteiger partial charge in [-0.3, -0.25) is 48.2 Å². The molecule has 10 aromatic rings. The number of amides is 9. The minimum atomic E-state index is -1.05. The Morgan fingerprint density at radius 1 is 0.525 bits per heavy atom. The molecule has 120 heavy (non-hydrogen) atoms. The number of likely N-dealkylation sites (tertiary alicyclic amines) is 2. The van der Waals surface area contributed by atoms with Crippen LogP contribution >= 0.6 is 0 Å². The second-order valence-corrected chi connectivity index (χ2v) is 33.2. The van der Waals surface area contributed by atoms with E-state index in [1.54, 1.807) is 170 Å². The Labute approximate surface area is 710 Å². The molecule has 6 aromatic heterocycles. The molecule has 630 valence electrons. The molecule has 27 nitrogen and oxygen atoms in total. The monoisotopic (exact) mass is 1630 g/mol. The zero-order valence-electron chi connectivity index (χ0n) is 70.6. The first-order chi connectivity index (χ1) is 56.0. The number of hydrogen-bond acceptors (Lipinski definition) is 15. The molecule has 2 aliphatic rings. The van der Waals surface area contributed by atoms with Crippen LogP contribution in [0, 0.1) is 28.4 Å². The van der Waals surface area contributed by atoms with Crippen LogP contribution in [-0.2, 0) is 41.6 Å². The maximum absolute atomic E-state index is 14.8. The molecule has 5 N–H and O–H groups in total. The third-order valence-electron chi connectivity index (χ3n) is 20.9. The van der Waals surface area contributed by atoms with Crippen LogP contribution in [0.15, 0.2) is 201 Å². The minimum Gasteiger partial charge on any atom is -0.870 e. The first kappa shape index (κ1) is 93.6. The van der Waals surface area contributed by atoms with Gasteiger partial charge < -0.3 is 69.1 Å². The summed E-state index contributed by atoms with van der Waals surface area (Å²) < 4.78 is 38.2. The molecule has 0 saturated carbocycles. The van der Waals surface area contributed by atoms with E-state index in [1.165, 1.54) is 36.2 Å². The number of nitrogens with one attached hydrogen (secondary N) is 4. The molecular weight excluding hydrogens is 1530 g/mol. The Bertz CT molecular complexity index is 5070. The van der Waals surface area contributed by atoms with Crippen molar-refractivity contribution >= 4 is 76.6 Å². The van der Waals surface area contributed by atoms with Gasteiger partial charge in [-0.1, -0.05) is 134 Å². The van der Waals surface area contributed by atoms with Crippen molar-refractivity contribution in [3.05, 3.63) is 252 Å². The van der Waals surface area contributed by atoms with Gasteiger partial charge in [0.15, 0.2) is 0 Å². The summed E-state index contributed by atoms with van der Waals surface area (Å²) in [6, 6.07) is 41.6. The van der Waals surface area contributed by atoms with Crippen molar-refractivity contribution in [1.29, 1.82) is 0 Å². The molecule has 9 amide bonds. The second kappa shape index (κ2) is 41.6. The number of nitrogens with zero attached hydrogens (tertiary/aromatic N) is 11. The zero-order valence-corrected chi connectivity index (χ0v) is 70.6. The van der Waals surface area contributed by atoms with Crippen LogP contribution in [-0.4, -0.2) is 212 Å². The number of aromatic nitrogens is 6. The zero-order chi connectivity index (χ0) is 85.3. The molecule has 0 aliphatic carbocycles. The van der Waals surface area contributed by atoms with Gasteiger partial charge in [-0.25, -0.2) is 23.5 Å². The minimum absolute atomic E-state index is 0. The van der Waals surface area contributed by atoms with E-state index in [0.717, 1.165) is 16.8 Å². The summed E-state index contributed by atoms with van der Waals surface area (Å²) >= 11 is 0. The number of halogens is 2. The summed E-state index contributed by atoms with van der Waals surface area (Å²) in [7, 11) is 1.46. The number of pyridine rings is 3. The number of imidazole rings is 3. The molecular formula is C90H107F2LiN15O12-. The Balaban J connectivity index is 0.000000261. The molecule has 2 saturated heterocycles. The van der Waals surface area contributed by atoms with Gasteiger partial charge in [-0.05, 0) is 179 Å². The predicted octanol–water partition coefficient (Wildman–Crippen LogP) is 8.10. The largest absolute Gasteiger partial charge is 1.00 e. The van der Waals surface area contributed by atoms with Gasteiger partial charge in [0, 0.05) is 107 Å². The number of likely N-dealkylation sites (N-methyl/N-ethyl adjacent to an activating group) is 1. The van der Waals surface area contributed by atoms with Crippen LogP contribution in [0.2, 0.25) is 0 Å². The molecule has 0 radical (unpaired) electrons. The number of carbonyl (C=O) groups excluding carboxylic acids is 10. The van der Waals surface area contributed by atoms with Crippen molar-refractivity contribution in [2.24, 2.45) is 16.7 Å². The Hall–Kier alpha value is -11.9. The number of rotatable bonds is 25. The number of fused-ring (bicyclic) bond motifs is 3. The third-order valence-corrected chi connectivity index (χ3v) is 20.9. The SMILES string of the molecule is CC[C@@H](C)C(=O)N[C@H](C(=O)N1C[C@@H](NC(=O)c2ccccc2)C[C@H]1CN(CCc1ccc(F)cc1)C(=O)c1cn2ccccc2n1)C(C)(C)C.C[C@@H](C(=O)N[C@H](C(=O)N1C[C@@H](NC(=O)c2ccccc2)C[C@H]1CN(CCc1ccc(F)cc1)C(=O)c1cn2ccccc2n1)C(C)(C)C)N(C)C(=O)OC(C)(C)C.O=[C-]c1cn2ccccc2n1.[Li+].[OH-]. The van der Waals surface area contributed by atoms with E-state index >= 15 is 0 Å². The number of carbonyl (C=O) groups is 9. The fourth-order valence-corrected chi connectivity index (χ4v) is 13.9. The maximum Gasteiger partial charge on any atom is 1.00 e. The number of benzene rings is 4. The quantitative estimate of drug-likeness (QED) is 0.0310. The number of ether oxygens (including phenoxy) is 1. The predicted molar refractivity (Wildman–Crippen MR) is 446 cm³/mol. The fourth-order valence-electron chi connectivity index (χ4n) is 13.9. The van der Waals surface area contributed by atoms with Crippen LogP contribution < -0.4 is 40.1 Å².